The van der Waals surface area contributed by atoms with Crippen LogP contribution in [0.4, 0.5) is 0 Å². The molecule has 4 atom stereocenters. The van der Waals surface area contributed by atoms with E-state index in [0.29, 0.717) is 19.3 Å². The standard InChI is InChI=1S/C20H35N5O6/c1-10(2)8-12(21)17(27)23-13(9-15(22)26)19(29)25-7-5-6-14(25)18(28)24-16(11(3)4)20(30)31/h10-14,16H,5-9,21H2,1-4H3,(H2,22,26)(H,23,27)(H,24,28)(H,30,31). The van der Waals surface area contributed by atoms with Crippen LogP contribution in [-0.2, 0) is 24.0 Å². The van der Waals surface area contributed by atoms with Crippen LogP contribution in [0.1, 0.15) is 53.4 Å². The Kier molecular flexibility index (Phi) is 9.89. The van der Waals surface area contributed by atoms with Crippen molar-refractivity contribution in [1.29, 1.82) is 0 Å². The van der Waals surface area contributed by atoms with Crippen LogP contribution in [0.2, 0.25) is 0 Å². The average molecular weight is 442 g/mol. The second kappa shape index (κ2) is 11.6. The van der Waals surface area contributed by atoms with Crippen LogP contribution >= 0.6 is 0 Å². The number of primary amides is 1. The number of amides is 4. The SMILES string of the molecule is CC(C)CC(N)C(=O)NC(CC(N)=O)C(=O)N1CCCC1C(=O)NC(C(=O)O)C(C)C. The monoisotopic (exact) mass is 441 g/mol. The van der Waals surface area contributed by atoms with Gasteiger partial charge in [0.15, 0.2) is 0 Å². The molecule has 7 N–H and O–H groups in total. The fraction of sp³-hybridized carbons (Fsp3) is 0.750. The van der Waals surface area contributed by atoms with E-state index in [2.05, 4.69) is 10.6 Å². The van der Waals surface area contributed by atoms with Crippen LogP contribution in [0, 0.1) is 11.8 Å². The van der Waals surface area contributed by atoms with Gasteiger partial charge in [0.25, 0.3) is 0 Å². The molecular weight excluding hydrogens is 406 g/mol. The number of carboxylic acid groups (broad SMARTS) is 1. The van der Waals surface area contributed by atoms with E-state index in [1.807, 2.05) is 13.8 Å². The minimum absolute atomic E-state index is 0.154. The molecule has 1 aliphatic rings. The molecule has 1 fully saturated rings. The van der Waals surface area contributed by atoms with Crippen molar-refractivity contribution in [2.24, 2.45) is 23.3 Å². The molecule has 0 aromatic carbocycles. The van der Waals surface area contributed by atoms with Crippen LogP contribution in [0.3, 0.4) is 0 Å². The smallest absolute Gasteiger partial charge is 0.326 e. The summed E-state index contributed by atoms with van der Waals surface area (Å²) in [5.74, 6) is -3.96. The number of nitrogens with one attached hydrogen (secondary N) is 2. The third kappa shape index (κ3) is 7.82. The summed E-state index contributed by atoms with van der Waals surface area (Å²) in [6.07, 6.45) is 0.816. The Morgan fingerprint density at radius 1 is 1.10 bits per heavy atom. The molecule has 4 amide bonds. The van der Waals surface area contributed by atoms with Crippen LogP contribution < -0.4 is 22.1 Å². The molecule has 4 unspecified atom stereocenters. The first-order valence-corrected chi connectivity index (χ1v) is 10.5. The average Bonchev–Trinajstić information content (AvgIpc) is 3.13. The third-order valence-corrected chi connectivity index (χ3v) is 5.15. The fourth-order valence-electron chi connectivity index (χ4n) is 3.56. The van der Waals surface area contributed by atoms with Crippen molar-refractivity contribution < 1.29 is 29.1 Å². The highest BCUT2D eigenvalue weighted by Crippen LogP contribution is 2.20. The minimum Gasteiger partial charge on any atom is -0.480 e. The molecule has 0 aliphatic carbocycles. The van der Waals surface area contributed by atoms with Gasteiger partial charge in [0.05, 0.1) is 12.5 Å². The summed E-state index contributed by atoms with van der Waals surface area (Å²) in [7, 11) is 0. The lowest BCUT2D eigenvalue weighted by molar-refractivity contribution is -0.146. The molecule has 0 saturated carbocycles. The summed E-state index contributed by atoms with van der Waals surface area (Å²) in [6.45, 7) is 7.35. The van der Waals surface area contributed by atoms with Crippen molar-refractivity contribution in [2.75, 3.05) is 6.54 Å². The molecule has 176 valence electrons. The number of hydrogen-bond acceptors (Lipinski definition) is 6. The lowest BCUT2D eigenvalue weighted by Crippen LogP contribution is -2.58. The molecule has 1 heterocycles. The summed E-state index contributed by atoms with van der Waals surface area (Å²) >= 11 is 0. The van der Waals surface area contributed by atoms with Gasteiger partial charge in [-0.05, 0) is 31.1 Å². The Balaban J connectivity index is 2.96. The van der Waals surface area contributed by atoms with Gasteiger partial charge < -0.3 is 32.1 Å². The van der Waals surface area contributed by atoms with Gasteiger partial charge in [-0.15, -0.1) is 0 Å². The van der Waals surface area contributed by atoms with Crippen molar-refractivity contribution in [3.63, 3.8) is 0 Å². The summed E-state index contributed by atoms with van der Waals surface area (Å²) in [6, 6.07) is -4.11. The number of rotatable bonds is 11. The molecule has 0 aromatic heterocycles. The maximum atomic E-state index is 13.1. The highest BCUT2D eigenvalue weighted by Gasteiger charge is 2.39. The number of likely N-dealkylation sites (tertiary alicyclic amines) is 1. The van der Waals surface area contributed by atoms with Gasteiger partial charge in [0, 0.05) is 6.54 Å². The first-order chi connectivity index (χ1) is 14.3. The highest BCUT2D eigenvalue weighted by molar-refractivity contribution is 5.96. The molecule has 0 radical (unpaired) electrons. The maximum absolute atomic E-state index is 13.1. The van der Waals surface area contributed by atoms with E-state index in [0.717, 1.165) is 0 Å². The Morgan fingerprint density at radius 3 is 2.19 bits per heavy atom. The van der Waals surface area contributed by atoms with Crippen LogP contribution in [0.25, 0.3) is 0 Å². The molecule has 1 saturated heterocycles. The number of nitrogens with two attached hydrogens (primary N) is 2. The number of aliphatic carboxylic acids is 1. The fourth-order valence-corrected chi connectivity index (χ4v) is 3.56. The molecule has 11 heteroatoms. The van der Waals surface area contributed by atoms with Crippen LogP contribution in [0.15, 0.2) is 0 Å². The third-order valence-electron chi connectivity index (χ3n) is 5.15. The van der Waals surface area contributed by atoms with Gasteiger partial charge in [-0.2, -0.15) is 0 Å². The Bertz CT molecular complexity index is 696. The second-order valence-electron chi connectivity index (χ2n) is 8.73. The van der Waals surface area contributed by atoms with E-state index in [-0.39, 0.29) is 18.4 Å². The first-order valence-electron chi connectivity index (χ1n) is 10.5. The minimum atomic E-state index is -1.25. The topological polar surface area (TPSA) is 185 Å². The van der Waals surface area contributed by atoms with Gasteiger partial charge in [-0.3, -0.25) is 19.2 Å². The molecular formula is C20H35N5O6. The number of hydrogen-bond donors (Lipinski definition) is 5. The number of nitrogens with zero attached hydrogens (tertiary/aromatic N) is 1. The Hall–Kier alpha value is -2.69. The van der Waals surface area contributed by atoms with E-state index < -0.39 is 60.2 Å². The van der Waals surface area contributed by atoms with Crippen molar-refractivity contribution in [1.82, 2.24) is 15.5 Å². The van der Waals surface area contributed by atoms with Crippen molar-refractivity contribution in [3.8, 4) is 0 Å². The maximum Gasteiger partial charge on any atom is 0.326 e. The number of carbonyl (C=O) groups excluding carboxylic acids is 4. The van der Waals surface area contributed by atoms with Crippen molar-refractivity contribution in [3.05, 3.63) is 0 Å². The second-order valence-corrected chi connectivity index (χ2v) is 8.73. The zero-order chi connectivity index (χ0) is 23.9. The van der Waals surface area contributed by atoms with E-state index >= 15 is 0 Å². The molecule has 1 aliphatic heterocycles. The largest absolute Gasteiger partial charge is 0.480 e. The zero-order valence-electron chi connectivity index (χ0n) is 18.6. The van der Waals surface area contributed by atoms with Gasteiger partial charge in [-0.25, -0.2) is 4.79 Å². The lowest BCUT2D eigenvalue weighted by Gasteiger charge is -2.30. The summed E-state index contributed by atoms with van der Waals surface area (Å²) in [4.78, 5) is 62.3. The van der Waals surface area contributed by atoms with E-state index in [1.54, 1.807) is 13.8 Å². The first kappa shape index (κ1) is 26.3. The van der Waals surface area contributed by atoms with Gasteiger partial charge >= 0.3 is 5.97 Å². The molecule has 31 heavy (non-hydrogen) atoms. The zero-order valence-corrected chi connectivity index (χ0v) is 18.6. The number of carboxylic acids is 1. The molecule has 11 nitrogen and oxygen atoms in total. The Morgan fingerprint density at radius 2 is 1.71 bits per heavy atom. The van der Waals surface area contributed by atoms with Gasteiger partial charge in [0.2, 0.25) is 23.6 Å². The van der Waals surface area contributed by atoms with E-state index in [9.17, 15) is 29.1 Å². The molecule has 1 rings (SSSR count). The number of carbonyl (C=O) groups is 5. The summed E-state index contributed by atoms with van der Waals surface area (Å²) in [5, 5.41) is 14.3. The predicted octanol–water partition coefficient (Wildman–Crippen LogP) is -1.06. The van der Waals surface area contributed by atoms with Gasteiger partial charge in [0.1, 0.15) is 18.1 Å². The molecule has 0 aromatic rings. The quantitative estimate of drug-likeness (QED) is 0.270. The van der Waals surface area contributed by atoms with Crippen molar-refractivity contribution >= 4 is 29.6 Å². The normalized spacial score (nSPS) is 19.1. The van der Waals surface area contributed by atoms with Crippen LogP contribution in [0.5, 0.6) is 0 Å². The molecule has 0 spiro atoms. The van der Waals surface area contributed by atoms with Gasteiger partial charge in [-0.1, -0.05) is 27.7 Å². The lowest BCUT2D eigenvalue weighted by atomic mass is 10.0. The van der Waals surface area contributed by atoms with E-state index in [4.69, 9.17) is 11.5 Å². The summed E-state index contributed by atoms with van der Waals surface area (Å²) in [5.41, 5.74) is 11.1. The highest BCUT2D eigenvalue weighted by atomic mass is 16.4. The summed E-state index contributed by atoms with van der Waals surface area (Å²) < 4.78 is 0. The van der Waals surface area contributed by atoms with E-state index in [1.165, 1.54) is 4.90 Å². The predicted molar refractivity (Wildman–Crippen MR) is 112 cm³/mol. The Labute approximate surface area is 182 Å². The van der Waals surface area contributed by atoms with Crippen molar-refractivity contribution in [2.45, 2.75) is 77.5 Å². The van der Waals surface area contributed by atoms with Crippen LogP contribution in [-0.4, -0.2) is 70.3 Å². The molecule has 0 bridgehead atoms.